The minimum atomic E-state index is -0.659. The molecule has 0 fully saturated rings. The van der Waals surface area contributed by atoms with E-state index < -0.39 is 6.04 Å². The lowest BCUT2D eigenvalue weighted by Gasteiger charge is -2.23. The highest BCUT2D eigenvalue weighted by molar-refractivity contribution is 6.02. The van der Waals surface area contributed by atoms with E-state index in [9.17, 15) is 9.59 Å². The number of hydrogen-bond acceptors (Lipinski definition) is 3. The van der Waals surface area contributed by atoms with Gasteiger partial charge < -0.3 is 15.4 Å². The van der Waals surface area contributed by atoms with Crippen molar-refractivity contribution in [1.29, 1.82) is 0 Å². The molecule has 2 aromatic rings. The average molecular weight is 354 g/mol. The van der Waals surface area contributed by atoms with Gasteiger partial charge in [-0.3, -0.25) is 9.59 Å². The molecule has 5 heteroatoms. The summed E-state index contributed by atoms with van der Waals surface area (Å²) in [4.78, 5) is 25.4. The van der Waals surface area contributed by atoms with Crippen molar-refractivity contribution in [2.75, 3.05) is 12.4 Å². The van der Waals surface area contributed by atoms with Gasteiger partial charge in [-0.25, -0.2) is 0 Å². The Morgan fingerprint density at radius 2 is 1.73 bits per heavy atom. The van der Waals surface area contributed by atoms with Gasteiger partial charge in [0.1, 0.15) is 11.8 Å². The zero-order valence-electron chi connectivity index (χ0n) is 15.9. The van der Waals surface area contributed by atoms with Gasteiger partial charge in [0, 0.05) is 5.69 Å². The lowest BCUT2D eigenvalue weighted by atomic mass is 10.0. The molecule has 2 rings (SSSR count). The molecule has 2 aromatic carbocycles. The molecule has 1 atom stereocenters. The summed E-state index contributed by atoms with van der Waals surface area (Å²) >= 11 is 0. The van der Waals surface area contributed by atoms with Gasteiger partial charge in [0.2, 0.25) is 5.91 Å². The van der Waals surface area contributed by atoms with Crippen LogP contribution in [0.4, 0.5) is 5.69 Å². The molecule has 0 aliphatic rings. The number of carbonyl (C=O) groups excluding carboxylic acids is 2. The van der Waals surface area contributed by atoms with Gasteiger partial charge in [0.25, 0.3) is 5.91 Å². The molecule has 5 nitrogen and oxygen atoms in total. The first-order chi connectivity index (χ1) is 12.3. The second kappa shape index (κ2) is 8.52. The molecule has 0 saturated carbocycles. The minimum absolute atomic E-state index is 0.0700. The van der Waals surface area contributed by atoms with Crippen LogP contribution < -0.4 is 15.4 Å². The fraction of sp³-hybridized carbons (Fsp3) is 0.333. The number of aryl methyl sites for hydroxylation is 2. The summed E-state index contributed by atoms with van der Waals surface area (Å²) < 4.78 is 5.23. The van der Waals surface area contributed by atoms with E-state index in [0.717, 1.165) is 16.8 Å². The summed E-state index contributed by atoms with van der Waals surface area (Å²) in [5, 5.41) is 5.75. The van der Waals surface area contributed by atoms with Crippen LogP contribution in [0.2, 0.25) is 0 Å². The second-order valence-corrected chi connectivity index (χ2v) is 6.70. The van der Waals surface area contributed by atoms with Crippen molar-refractivity contribution < 1.29 is 14.3 Å². The lowest BCUT2D eigenvalue weighted by Crippen LogP contribution is -2.47. The highest BCUT2D eigenvalue weighted by atomic mass is 16.5. The van der Waals surface area contributed by atoms with Gasteiger partial charge in [0.15, 0.2) is 0 Å². The first kappa shape index (κ1) is 19.5. The zero-order chi connectivity index (χ0) is 19.3. The van der Waals surface area contributed by atoms with Gasteiger partial charge >= 0.3 is 0 Å². The third kappa shape index (κ3) is 4.63. The fourth-order valence-corrected chi connectivity index (χ4v) is 2.75. The number of carbonyl (C=O) groups is 2. The Balaban J connectivity index is 2.17. The van der Waals surface area contributed by atoms with Crippen molar-refractivity contribution >= 4 is 17.5 Å². The second-order valence-electron chi connectivity index (χ2n) is 6.70. The summed E-state index contributed by atoms with van der Waals surface area (Å²) in [7, 11) is 1.51. The molecule has 2 amide bonds. The monoisotopic (exact) mass is 354 g/mol. The molecule has 138 valence electrons. The van der Waals surface area contributed by atoms with Crippen molar-refractivity contribution in [2.24, 2.45) is 5.92 Å². The van der Waals surface area contributed by atoms with E-state index in [2.05, 4.69) is 10.6 Å². The topological polar surface area (TPSA) is 67.4 Å². The molecule has 0 aliphatic carbocycles. The Morgan fingerprint density at radius 1 is 1.04 bits per heavy atom. The quantitative estimate of drug-likeness (QED) is 0.831. The molecule has 0 saturated heterocycles. The third-order valence-corrected chi connectivity index (χ3v) is 4.23. The number of benzene rings is 2. The molecular weight excluding hydrogens is 328 g/mol. The Labute approximate surface area is 154 Å². The summed E-state index contributed by atoms with van der Waals surface area (Å²) in [6, 6.07) is 12.1. The SMILES string of the molecule is COc1ccccc1C(=O)NC(C(=O)Nc1ccc(C)cc1C)C(C)C. The van der Waals surface area contributed by atoms with Crippen LogP contribution in [0.15, 0.2) is 42.5 Å². The number of ether oxygens (including phenoxy) is 1. The Kier molecular flexibility index (Phi) is 6.39. The van der Waals surface area contributed by atoms with Gasteiger partial charge in [-0.1, -0.05) is 43.7 Å². The number of hydrogen-bond donors (Lipinski definition) is 2. The summed E-state index contributed by atoms with van der Waals surface area (Å²) in [5.74, 6) is -0.172. The molecule has 0 bridgehead atoms. The van der Waals surface area contributed by atoms with Crippen molar-refractivity contribution in [3.63, 3.8) is 0 Å². The highest BCUT2D eigenvalue weighted by Gasteiger charge is 2.26. The maximum absolute atomic E-state index is 12.8. The van der Waals surface area contributed by atoms with Crippen molar-refractivity contribution in [3.8, 4) is 5.75 Å². The van der Waals surface area contributed by atoms with Crippen LogP contribution >= 0.6 is 0 Å². The Morgan fingerprint density at radius 3 is 2.35 bits per heavy atom. The van der Waals surface area contributed by atoms with Crippen LogP contribution in [0.25, 0.3) is 0 Å². The van der Waals surface area contributed by atoms with Crippen LogP contribution in [0.3, 0.4) is 0 Å². The first-order valence-corrected chi connectivity index (χ1v) is 8.65. The molecule has 0 aliphatic heterocycles. The molecular formula is C21H26N2O3. The van der Waals surface area contributed by atoms with Crippen molar-refractivity contribution in [3.05, 3.63) is 59.2 Å². The van der Waals surface area contributed by atoms with E-state index in [1.54, 1.807) is 24.3 Å². The van der Waals surface area contributed by atoms with Gasteiger partial charge in [-0.15, -0.1) is 0 Å². The average Bonchev–Trinajstić information content (AvgIpc) is 2.61. The molecule has 0 heterocycles. The summed E-state index contributed by atoms with van der Waals surface area (Å²) in [6.45, 7) is 7.74. The van der Waals surface area contributed by atoms with E-state index in [0.29, 0.717) is 11.3 Å². The summed E-state index contributed by atoms with van der Waals surface area (Å²) in [6.07, 6.45) is 0. The van der Waals surface area contributed by atoms with Gasteiger partial charge in [-0.2, -0.15) is 0 Å². The van der Waals surface area contributed by atoms with Crippen LogP contribution in [0, 0.1) is 19.8 Å². The molecule has 0 aromatic heterocycles. The summed E-state index contributed by atoms with van der Waals surface area (Å²) in [5.41, 5.74) is 3.26. The molecule has 1 unspecified atom stereocenters. The maximum Gasteiger partial charge on any atom is 0.255 e. The highest BCUT2D eigenvalue weighted by Crippen LogP contribution is 2.19. The molecule has 0 spiro atoms. The smallest absolute Gasteiger partial charge is 0.255 e. The number of amides is 2. The van der Waals surface area contributed by atoms with Crippen LogP contribution in [0.1, 0.15) is 35.3 Å². The normalized spacial score (nSPS) is 11.8. The zero-order valence-corrected chi connectivity index (χ0v) is 15.9. The Hall–Kier alpha value is -2.82. The predicted molar refractivity (Wildman–Crippen MR) is 104 cm³/mol. The third-order valence-electron chi connectivity index (χ3n) is 4.23. The first-order valence-electron chi connectivity index (χ1n) is 8.65. The maximum atomic E-state index is 12.8. The number of anilines is 1. The molecule has 2 N–H and O–H groups in total. The van der Waals surface area contributed by atoms with Crippen LogP contribution in [-0.4, -0.2) is 25.0 Å². The largest absolute Gasteiger partial charge is 0.496 e. The predicted octanol–water partition coefficient (Wildman–Crippen LogP) is 3.71. The van der Waals surface area contributed by atoms with Crippen LogP contribution in [-0.2, 0) is 4.79 Å². The number of rotatable bonds is 6. The molecule has 0 radical (unpaired) electrons. The fourth-order valence-electron chi connectivity index (χ4n) is 2.75. The number of methoxy groups -OCH3 is 1. The van der Waals surface area contributed by atoms with E-state index in [1.165, 1.54) is 7.11 Å². The number of para-hydroxylation sites is 1. The van der Waals surface area contributed by atoms with Crippen molar-refractivity contribution in [1.82, 2.24) is 5.32 Å². The lowest BCUT2D eigenvalue weighted by molar-refractivity contribution is -0.118. The van der Waals surface area contributed by atoms with E-state index in [1.807, 2.05) is 45.9 Å². The molecule has 26 heavy (non-hydrogen) atoms. The van der Waals surface area contributed by atoms with Crippen molar-refractivity contribution in [2.45, 2.75) is 33.7 Å². The van der Waals surface area contributed by atoms with Crippen LogP contribution in [0.5, 0.6) is 5.75 Å². The minimum Gasteiger partial charge on any atom is -0.496 e. The Bertz CT molecular complexity index is 800. The van der Waals surface area contributed by atoms with Gasteiger partial charge in [-0.05, 0) is 43.5 Å². The number of nitrogens with one attached hydrogen (secondary N) is 2. The standard InChI is InChI=1S/C21H26N2O3/c1-13(2)19(21(25)22-17-11-10-14(3)12-15(17)4)23-20(24)16-8-6-7-9-18(16)26-5/h6-13,19H,1-5H3,(H,22,25)(H,23,24). The van der Waals surface area contributed by atoms with Gasteiger partial charge in [0.05, 0.1) is 12.7 Å². The van der Waals surface area contributed by atoms with E-state index in [-0.39, 0.29) is 17.7 Å². The van der Waals surface area contributed by atoms with E-state index >= 15 is 0 Å². The van der Waals surface area contributed by atoms with E-state index in [4.69, 9.17) is 4.74 Å².